The number of nitrogens with one attached hydrogen (secondary N) is 2. The molecular weight excluding hydrogens is 325 g/mol. The van der Waals surface area contributed by atoms with Crippen LogP contribution in [0.3, 0.4) is 0 Å². The number of ether oxygens (including phenoxy) is 1. The highest BCUT2D eigenvalue weighted by Crippen LogP contribution is 2.27. The molecule has 0 unspecified atom stereocenters. The Labute approximate surface area is 139 Å². The third-order valence-electron chi connectivity index (χ3n) is 2.99. The average molecular weight is 342 g/mol. The molecule has 1 aromatic heterocycles. The molecule has 2 rings (SSSR count). The van der Waals surface area contributed by atoms with Gasteiger partial charge >= 0.3 is 0 Å². The first kappa shape index (κ1) is 16.8. The summed E-state index contributed by atoms with van der Waals surface area (Å²) in [5.41, 5.74) is 1.83. The number of rotatable bonds is 7. The van der Waals surface area contributed by atoms with Crippen molar-refractivity contribution in [3.8, 4) is 11.3 Å². The summed E-state index contributed by atoms with van der Waals surface area (Å²) in [6, 6.07) is 6.89. The fourth-order valence-corrected chi connectivity index (χ4v) is 2.16. The van der Waals surface area contributed by atoms with E-state index in [1.807, 2.05) is 6.92 Å². The van der Waals surface area contributed by atoms with Gasteiger partial charge in [0.1, 0.15) is 5.69 Å². The zero-order chi connectivity index (χ0) is 15.9. The van der Waals surface area contributed by atoms with Gasteiger partial charge in [-0.15, -0.1) is 0 Å². The first-order valence-electron chi connectivity index (χ1n) is 6.98. The minimum Gasteiger partial charge on any atom is -0.382 e. The number of aromatic amines is 1. The van der Waals surface area contributed by atoms with Gasteiger partial charge in [0, 0.05) is 25.3 Å². The zero-order valence-electron chi connectivity index (χ0n) is 12.2. The van der Waals surface area contributed by atoms with Gasteiger partial charge in [-0.2, -0.15) is 5.10 Å². The second-order valence-electron chi connectivity index (χ2n) is 4.60. The molecule has 0 fully saturated rings. The van der Waals surface area contributed by atoms with Crippen LogP contribution in [0.2, 0.25) is 10.0 Å². The molecule has 7 heteroatoms. The Hall–Kier alpha value is -1.56. The molecule has 0 bridgehead atoms. The van der Waals surface area contributed by atoms with E-state index >= 15 is 0 Å². The van der Waals surface area contributed by atoms with Crippen molar-refractivity contribution in [1.29, 1.82) is 0 Å². The Bertz CT molecular complexity index is 643. The SMILES string of the molecule is CCOCCCNC(=O)c1cc(-c2ccc(Cl)c(Cl)c2)n[nH]1. The first-order valence-corrected chi connectivity index (χ1v) is 7.74. The maximum absolute atomic E-state index is 12.0. The molecule has 2 aromatic rings. The summed E-state index contributed by atoms with van der Waals surface area (Å²) in [4.78, 5) is 12.0. The topological polar surface area (TPSA) is 67.0 Å². The monoisotopic (exact) mass is 341 g/mol. The van der Waals surface area contributed by atoms with Gasteiger partial charge in [0.25, 0.3) is 5.91 Å². The molecule has 1 amide bonds. The maximum atomic E-state index is 12.0. The lowest BCUT2D eigenvalue weighted by molar-refractivity contribution is 0.0939. The van der Waals surface area contributed by atoms with Crippen LogP contribution < -0.4 is 5.32 Å². The summed E-state index contributed by atoms with van der Waals surface area (Å²) in [5.74, 6) is -0.199. The summed E-state index contributed by atoms with van der Waals surface area (Å²) in [6.07, 6.45) is 0.771. The number of hydrogen-bond donors (Lipinski definition) is 2. The molecule has 0 spiro atoms. The van der Waals surface area contributed by atoms with E-state index in [1.54, 1.807) is 24.3 Å². The fourth-order valence-electron chi connectivity index (χ4n) is 1.86. The highest BCUT2D eigenvalue weighted by atomic mass is 35.5. The standard InChI is InChI=1S/C15H17Cl2N3O2/c1-2-22-7-3-6-18-15(21)14-9-13(19-20-14)10-4-5-11(16)12(17)8-10/h4-5,8-9H,2-3,6-7H2,1H3,(H,18,21)(H,19,20). The lowest BCUT2D eigenvalue weighted by Crippen LogP contribution is -2.25. The average Bonchev–Trinajstić information content (AvgIpc) is 2.99. The Morgan fingerprint density at radius 2 is 2.14 bits per heavy atom. The molecule has 0 atom stereocenters. The predicted octanol–water partition coefficient (Wildman–Crippen LogP) is 3.54. The van der Waals surface area contributed by atoms with Crippen molar-refractivity contribution in [2.45, 2.75) is 13.3 Å². The smallest absolute Gasteiger partial charge is 0.269 e. The van der Waals surface area contributed by atoms with E-state index in [4.69, 9.17) is 27.9 Å². The molecule has 2 N–H and O–H groups in total. The minimum atomic E-state index is -0.199. The largest absolute Gasteiger partial charge is 0.382 e. The van der Waals surface area contributed by atoms with Crippen molar-refractivity contribution in [2.24, 2.45) is 0 Å². The molecule has 0 saturated heterocycles. The van der Waals surface area contributed by atoms with Crippen molar-refractivity contribution in [1.82, 2.24) is 15.5 Å². The van der Waals surface area contributed by atoms with Gasteiger partial charge in [0.2, 0.25) is 0 Å². The Morgan fingerprint density at radius 1 is 1.32 bits per heavy atom. The Balaban J connectivity index is 1.95. The van der Waals surface area contributed by atoms with Gasteiger partial charge in [0.05, 0.1) is 15.7 Å². The van der Waals surface area contributed by atoms with Crippen LogP contribution in [-0.2, 0) is 4.74 Å². The van der Waals surface area contributed by atoms with Crippen molar-refractivity contribution >= 4 is 29.1 Å². The first-order chi connectivity index (χ1) is 10.6. The summed E-state index contributed by atoms with van der Waals surface area (Å²) in [7, 11) is 0. The van der Waals surface area contributed by atoms with Crippen LogP contribution in [0.25, 0.3) is 11.3 Å². The van der Waals surface area contributed by atoms with Crippen LogP contribution in [-0.4, -0.2) is 35.9 Å². The lowest BCUT2D eigenvalue weighted by Gasteiger charge is -2.03. The van der Waals surface area contributed by atoms with Gasteiger partial charge in [-0.3, -0.25) is 9.89 Å². The molecular formula is C15H17Cl2N3O2. The van der Waals surface area contributed by atoms with E-state index in [0.29, 0.717) is 41.2 Å². The number of carbonyl (C=O) groups excluding carboxylic acids is 1. The fraction of sp³-hybridized carbons (Fsp3) is 0.333. The summed E-state index contributed by atoms with van der Waals surface area (Å²) in [6.45, 7) is 3.81. The van der Waals surface area contributed by atoms with Gasteiger partial charge < -0.3 is 10.1 Å². The number of halogens is 2. The Kier molecular flexibility index (Phi) is 6.24. The molecule has 1 heterocycles. The number of aromatic nitrogens is 2. The zero-order valence-corrected chi connectivity index (χ0v) is 13.7. The van der Waals surface area contributed by atoms with Gasteiger partial charge in [-0.25, -0.2) is 0 Å². The number of hydrogen-bond acceptors (Lipinski definition) is 3. The molecule has 0 aliphatic carbocycles. The number of benzene rings is 1. The third kappa shape index (κ3) is 4.47. The number of carbonyl (C=O) groups is 1. The van der Waals surface area contributed by atoms with E-state index in [2.05, 4.69) is 15.5 Å². The highest BCUT2D eigenvalue weighted by Gasteiger charge is 2.11. The lowest BCUT2D eigenvalue weighted by atomic mass is 10.1. The van der Waals surface area contributed by atoms with Crippen molar-refractivity contribution < 1.29 is 9.53 Å². The molecule has 0 aliphatic rings. The summed E-state index contributed by atoms with van der Waals surface area (Å²) >= 11 is 11.9. The number of nitrogens with zero attached hydrogens (tertiary/aromatic N) is 1. The van der Waals surface area contributed by atoms with E-state index in [1.165, 1.54) is 0 Å². The van der Waals surface area contributed by atoms with Crippen molar-refractivity contribution in [3.63, 3.8) is 0 Å². The van der Waals surface area contributed by atoms with E-state index < -0.39 is 0 Å². The molecule has 5 nitrogen and oxygen atoms in total. The van der Waals surface area contributed by atoms with Crippen molar-refractivity contribution in [2.75, 3.05) is 19.8 Å². The number of H-pyrrole nitrogens is 1. The van der Waals surface area contributed by atoms with E-state index in [0.717, 1.165) is 12.0 Å². The molecule has 1 aromatic carbocycles. The van der Waals surface area contributed by atoms with Crippen LogP contribution in [0.4, 0.5) is 0 Å². The van der Waals surface area contributed by atoms with Crippen molar-refractivity contribution in [3.05, 3.63) is 40.0 Å². The molecule has 0 saturated carbocycles. The van der Waals surface area contributed by atoms with Gasteiger partial charge in [-0.1, -0.05) is 29.3 Å². The number of amides is 1. The Morgan fingerprint density at radius 3 is 2.86 bits per heavy atom. The second kappa shape index (κ2) is 8.17. The predicted molar refractivity (Wildman–Crippen MR) is 87.5 cm³/mol. The highest BCUT2D eigenvalue weighted by molar-refractivity contribution is 6.42. The van der Waals surface area contributed by atoms with Crippen LogP contribution in [0.1, 0.15) is 23.8 Å². The molecule has 0 aliphatic heterocycles. The van der Waals surface area contributed by atoms with Crippen LogP contribution in [0, 0.1) is 0 Å². The summed E-state index contributed by atoms with van der Waals surface area (Å²) in [5, 5.41) is 10.6. The van der Waals surface area contributed by atoms with Crippen LogP contribution >= 0.6 is 23.2 Å². The third-order valence-corrected chi connectivity index (χ3v) is 3.73. The minimum absolute atomic E-state index is 0.199. The second-order valence-corrected chi connectivity index (χ2v) is 5.42. The summed E-state index contributed by atoms with van der Waals surface area (Å²) < 4.78 is 5.21. The quantitative estimate of drug-likeness (QED) is 0.757. The molecule has 22 heavy (non-hydrogen) atoms. The maximum Gasteiger partial charge on any atom is 0.269 e. The van der Waals surface area contributed by atoms with Gasteiger partial charge in [-0.05, 0) is 31.5 Å². The normalized spacial score (nSPS) is 10.7. The van der Waals surface area contributed by atoms with Gasteiger partial charge in [0.15, 0.2) is 0 Å². The van der Waals surface area contributed by atoms with Crippen LogP contribution in [0.5, 0.6) is 0 Å². The van der Waals surface area contributed by atoms with E-state index in [-0.39, 0.29) is 5.91 Å². The van der Waals surface area contributed by atoms with Crippen LogP contribution in [0.15, 0.2) is 24.3 Å². The molecule has 0 radical (unpaired) electrons. The molecule has 118 valence electrons. The van der Waals surface area contributed by atoms with E-state index in [9.17, 15) is 4.79 Å².